The second-order valence-electron chi connectivity index (χ2n) is 8.49. The average Bonchev–Trinajstić information content (AvgIpc) is 2.74. The quantitative estimate of drug-likeness (QED) is 0.651. The Kier molecular flexibility index (Phi) is 6.68. The molecule has 2 heterocycles. The van der Waals surface area contributed by atoms with Crippen LogP contribution in [0.4, 0.5) is 13.2 Å². The van der Waals surface area contributed by atoms with Gasteiger partial charge in [0.2, 0.25) is 5.91 Å². The van der Waals surface area contributed by atoms with Gasteiger partial charge in [-0.3, -0.25) is 14.7 Å². The van der Waals surface area contributed by atoms with Crippen molar-refractivity contribution in [2.75, 3.05) is 26.7 Å². The predicted octanol–water partition coefficient (Wildman–Crippen LogP) is 4.73. The molecule has 1 aromatic carbocycles. The monoisotopic (exact) mass is 479 g/mol. The standard InChI is InChI=1S/C24H25ClF3N3O2/c1-14-16(10-31-11-17(12-31)23(32)29-2)4-3-15-7-19(5-6-20(14)15)33-13-18-8-22(25)21(9-30-18)24(26,27)28/h5-9,17H,3-4,10-13H2,1-2H3,(H,29,32). The number of amides is 1. The van der Waals surface area contributed by atoms with Crippen molar-refractivity contribution >= 4 is 23.1 Å². The molecule has 2 aliphatic rings. The number of hydrogen-bond donors (Lipinski definition) is 1. The van der Waals surface area contributed by atoms with E-state index in [0.717, 1.165) is 38.7 Å². The Morgan fingerprint density at radius 1 is 1.27 bits per heavy atom. The fraction of sp³-hybridized carbons (Fsp3) is 0.417. The Morgan fingerprint density at radius 3 is 2.70 bits per heavy atom. The van der Waals surface area contributed by atoms with Crippen LogP contribution in [-0.2, 0) is 24.0 Å². The number of pyridine rings is 1. The van der Waals surface area contributed by atoms with Crippen LogP contribution in [0.5, 0.6) is 5.75 Å². The highest BCUT2D eigenvalue weighted by atomic mass is 35.5. The van der Waals surface area contributed by atoms with E-state index in [1.54, 1.807) is 7.05 Å². The molecule has 4 rings (SSSR count). The van der Waals surface area contributed by atoms with Crippen LogP contribution in [0.2, 0.25) is 5.02 Å². The zero-order valence-electron chi connectivity index (χ0n) is 18.4. The maximum Gasteiger partial charge on any atom is 0.419 e. The first-order valence-corrected chi connectivity index (χ1v) is 11.1. The Hall–Kier alpha value is -2.58. The number of nitrogens with zero attached hydrogens (tertiary/aromatic N) is 2. The van der Waals surface area contributed by atoms with Crippen molar-refractivity contribution < 1.29 is 22.7 Å². The summed E-state index contributed by atoms with van der Waals surface area (Å²) in [6.45, 7) is 4.60. The second-order valence-corrected chi connectivity index (χ2v) is 8.90. The molecule has 0 saturated carbocycles. The van der Waals surface area contributed by atoms with Gasteiger partial charge in [-0.2, -0.15) is 13.2 Å². The van der Waals surface area contributed by atoms with Gasteiger partial charge in [0.1, 0.15) is 12.4 Å². The normalized spacial score (nSPS) is 16.9. The number of allylic oxidation sites excluding steroid dienone is 1. The summed E-state index contributed by atoms with van der Waals surface area (Å²) in [6.07, 6.45) is -1.97. The Morgan fingerprint density at radius 2 is 2.03 bits per heavy atom. The van der Waals surface area contributed by atoms with Gasteiger partial charge in [0.25, 0.3) is 0 Å². The number of fused-ring (bicyclic) bond motifs is 1. The molecule has 1 N–H and O–H groups in total. The summed E-state index contributed by atoms with van der Waals surface area (Å²) in [7, 11) is 1.67. The number of nitrogens with one attached hydrogen (secondary N) is 1. The molecule has 0 atom stereocenters. The zero-order valence-corrected chi connectivity index (χ0v) is 19.2. The minimum absolute atomic E-state index is 0.0260. The van der Waals surface area contributed by atoms with Crippen LogP contribution in [0, 0.1) is 5.92 Å². The number of alkyl halides is 3. The summed E-state index contributed by atoms with van der Waals surface area (Å²) in [6, 6.07) is 7.05. The minimum atomic E-state index is -4.53. The number of carbonyl (C=O) groups excluding carboxylic acids is 1. The molecule has 0 unspecified atom stereocenters. The van der Waals surface area contributed by atoms with E-state index in [4.69, 9.17) is 16.3 Å². The van der Waals surface area contributed by atoms with E-state index in [2.05, 4.69) is 22.1 Å². The molecule has 33 heavy (non-hydrogen) atoms. The van der Waals surface area contributed by atoms with Gasteiger partial charge in [-0.05, 0) is 54.7 Å². The molecule has 2 aromatic rings. The van der Waals surface area contributed by atoms with Crippen molar-refractivity contribution in [3.05, 3.63) is 63.4 Å². The molecule has 1 amide bonds. The van der Waals surface area contributed by atoms with Crippen molar-refractivity contribution in [2.45, 2.75) is 32.5 Å². The molecule has 176 valence electrons. The van der Waals surface area contributed by atoms with Gasteiger partial charge in [0.05, 0.1) is 22.2 Å². The minimum Gasteiger partial charge on any atom is -0.487 e. The third kappa shape index (κ3) is 5.17. The predicted molar refractivity (Wildman–Crippen MR) is 120 cm³/mol. The molecule has 0 radical (unpaired) electrons. The van der Waals surface area contributed by atoms with Crippen LogP contribution < -0.4 is 10.1 Å². The molecule has 5 nitrogen and oxygen atoms in total. The van der Waals surface area contributed by atoms with Crippen LogP contribution in [0.25, 0.3) is 5.57 Å². The Balaban J connectivity index is 1.39. The van der Waals surface area contributed by atoms with Gasteiger partial charge < -0.3 is 10.1 Å². The SMILES string of the molecule is CNC(=O)C1CN(CC2=C(C)c3ccc(OCc4cc(Cl)c(C(F)(F)F)cn4)cc3CC2)C1. The van der Waals surface area contributed by atoms with Crippen molar-refractivity contribution in [1.29, 1.82) is 0 Å². The third-order valence-corrected chi connectivity index (χ3v) is 6.61. The fourth-order valence-corrected chi connectivity index (χ4v) is 4.63. The van der Waals surface area contributed by atoms with Crippen molar-refractivity contribution in [3.8, 4) is 5.75 Å². The number of carbonyl (C=O) groups is 1. The van der Waals surface area contributed by atoms with Crippen LogP contribution >= 0.6 is 11.6 Å². The molecular formula is C24H25ClF3N3O2. The number of rotatable bonds is 6. The molecule has 1 saturated heterocycles. The molecule has 1 aliphatic heterocycles. The van der Waals surface area contributed by atoms with E-state index < -0.39 is 16.8 Å². The topological polar surface area (TPSA) is 54.5 Å². The lowest BCUT2D eigenvalue weighted by atomic mass is 9.85. The van der Waals surface area contributed by atoms with E-state index >= 15 is 0 Å². The number of aromatic nitrogens is 1. The number of ether oxygens (including phenoxy) is 1. The maximum absolute atomic E-state index is 12.8. The number of aryl methyl sites for hydroxylation is 1. The summed E-state index contributed by atoms with van der Waals surface area (Å²) in [5.74, 6) is 0.826. The smallest absolute Gasteiger partial charge is 0.419 e. The van der Waals surface area contributed by atoms with E-state index in [9.17, 15) is 18.0 Å². The van der Waals surface area contributed by atoms with E-state index in [1.165, 1.54) is 28.3 Å². The van der Waals surface area contributed by atoms with Gasteiger partial charge >= 0.3 is 6.18 Å². The van der Waals surface area contributed by atoms with E-state index in [1.807, 2.05) is 18.2 Å². The Bertz CT molecular complexity index is 1090. The first-order valence-electron chi connectivity index (χ1n) is 10.8. The molecule has 9 heteroatoms. The molecule has 0 spiro atoms. The summed E-state index contributed by atoms with van der Waals surface area (Å²) in [5, 5.41) is 2.31. The summed E-state index contributed by atoms with van der Waals surface area (Å²) in [5.41, 5.74) is 4.37. The third-order valence-electron chi connectivity index (χ3n) is 6.30. The molecule has 1 aliphatic carbocycles. The lowest BCUT2D eigenvalue weighted by Crippen LogP contribution is -2.53. The fourth-order valence-electron chi connectivity index (χ4n) is 4.35. The van der Waals surface area contributed by atoms with Crippen LogP contribution in [0.3, 0.4) is 0 Å². The molecule has 1 aromatic heterocycles. The first-order chi connectivity index (χ1) is 15.7. The summed E-state index contributed by atoms with van der Waals surface area (Å²) in [4.78, 5) is 17.8. The highest BCUT2D eigenvalue weighted by Gasteiger charge is 2.34. The highest BCUT2D eigenvalue weighted by molar-refractivity contribution is 6.31. The van der Waals surface area contributed by atoms with E-state index in [-0.39, 0.29) is 18.4 Å². The number of likely N-dealkylation sites (tertiary alicyclic amines) is 1. The first kappa shape index (κ1) is 23.6. The second kappa shape index (κ2) is 9.35. The van der Waals surface area contributed by atoms with Crippen LogP contribution in [0.1, 0.15) is 35.7 Å². The van der Waals surface area contributed by atoms with Crippen molar-refractivity contribution in [1.82, 2.24) is 15.2 Å². The van der Waals surface area contributed by atoms with Gasteiger partial charge in [-0.25, -0.2) is 0 Å². The lowest BCUT2D eigenvalue weighted by Gasteiger charge is -2.39. The Labute approximate surface area is 195 Å². The highest BCUT2D eigenvalue weighted by Crippen LogP contribution is 2.36. The average molecular weight is 480 g/mol. The molecule has 0 bridgehead atoms. The molecule has 1 fully saturated rings. The van der Waals surface area contributed by atoms with Gasteiger partial charge in [0.15, 0.2) is 0 Å². The maximum atomic E-state index is 12.8. The largest absolute Gasteiger partial charge is 0.487 e. The van der Waals surface area contributed by atoms with Crippen molar-refractivity contribution in [2.24, 2.45) is 5.92 Å². The van der Waals surface area contributed by atoms with Gasteiger partial charge in [-0.1, -0.05) is 23.2 Å². The zero-order chi connectivity index (χ0) is 23.8. The number of halogens is 4. The molecular weight excluding hydrogens is 455 g/mol. The van der Waals surface area contributed by atoms with Crippen molar-refractivity contribution in [3.63, 3.8) is 0 Å². The number of benzene rings is 1. The number of hydrogen-bond acceptors (Lipinski definition) is 4. The summed E-state index contributed by atoms with van der Waals surface area (Å²) >= 11 is 5.76. The van der Waals surface area contributed by atoms with Crippen LogP contribution in [0.15, 0.2) is 36.0 Å². The lowest BCUT2D eigenvalue weighted by molar-refractivity contribution is -0.137. The van der Waals surface area contributed by atoms with E-state index in [0.29, 0.717) is 11.4 Å². The summed E-state index contributed by atoms with van der Waals surface area (Å²) < 4.78 is 44.3. The van der Waals surface area contributed by atoms with Gasteiger partial charge in [-0.15, -0.1) is 0 Å². The van der Waals surface area contributed by atoms with Gasteiger partial charge in [0, 0.05) is 32.9 Å². The van der Waals surface area contributed by atoms with Crippen LogP contribution in [-0.4, -0.2) is 42.5 Å².